The van der Waals surface area contributed by atoms with Crippen LogP contribution in [0.5, 0.6) is 0 Å². The van der Waals surface area contributed by atoms with Gasteiger partial charge in [0.2, 0.25) is 0 Å². The average molecular weight is 307 g/mol. The van der Waals surface area contributed by atoms with Crippen molar-refractivity contribution in [2.45, 2.75) is 78.2 Å². The molecule has 0 aliphatic rings. The second kappa shape index (κ2) is 15.7. The largest absolute Gasteiger partial charge is 0.481 e. The number of aliphatic hydroxyl groups is 3. The average Bonchev–Trinajstić information content (AvgIpc) is 2.42. The summed E-state index contributed by atoms with van der Waals surface area (Å²) in [5.41, 5.74) is 0. The van der Waals surface area contributed by atoms with Crippen molar-refractivity contribution < 1.29 is 25.2 Å². The van der Waals surface area contributed by atoms with Crippen molar-refractivity contribution in [3.63, 3.8) is 0 Å². The van der Waals surface area contributed by atoms with E-state index in [0.29, 0.717) is 25.8 Å². The maximum absolute atomic E-state index is 10.0. The zero-order valence-electron chi connectivity index (χ0n) is 13.7. The van der Waals surface area contributed by atoms with Crippen LogP contribution in [-0.2, 0) is 4.79 Å². The van der Waals surface area contributed by atoms with Crippen molar-refractivity contribution in [3.8, 4) is 0 Å². The fourth-order valence-electron chi connectivity index (χ4n) is 1.86. The number of aliphatic carboxylic acids is 1. The van der Waals surface area contributed by atoms with Gasteiger partial charge in [0.1, 0.15) is 12.5 Å². The molecule has 2 unspecified atom stereocenters. The van der Waals surface area contributed by atoms with E-state index in [1.54, 1.807) is 4.90 Å². The van der Waals surface area contributed by atoms with Crippen LogP contribution < -0.4 is 0 Å². The number of hydrogen-bond donors (Lipinski definition) is 4. The number of unbranched alkanes of at least 4 members (excludes halogenated alkanes) is 2. The van der Waals surface area contributed by atoms with E-state index in [-0.39, 0.29) is 6.61 Å². The molecule has 0 aromatic carbocycles. The summed E-state index contributed by atoms with van der Waals surface area (Å²) in [6.07, 6.45) is 4.77. The molecule has 0 heterocycles. The molecule has 0 radical (unpaired) electrons. The number of nitrogens with zero attached hydrogens (tertiary/aromatic N) is 1. The molecule has 0 amide bonds. The molecule has 0 aromatic heterocycles. The number of rotatable bonds is 11. The molecule has 0 spiro atoms. The summed E-state index contributed by atoms with van der Waals surface area (Å²) in [5, 5.41) is 36.3. The molecule has 4 N–H and O–H groups in total. The minimum absolute atomic E-state index is 0.0947. The molecule has 0 aliphatic heterocycles. The lowest BCUT2D eigenvalue weighted by Crippen LogP contribution is -2.44. The monoisotopic (exact) mass is 307 g/mol. The quantitative estimate of drug-likeness (QED) is 0.434. The van der Waals surface area contributed by atoms with Gasteiger partial charge in [-0.1, -0.05) is 26.7 Å². The summed E-state index contributed by atoms with van der Waals surface area (Å²) in [6.45, 7) is 5.89. The molecule has 0 saturated heterocycles. The lowest BCUT2D eigenvalue weighted by molar-refractivity contribution is -0.134. The van der Waals surface area contributed by atoms with Gasteiger partial charge in [0.05, 0.1) is 0 Å². The molecule has 21 heavy (non-hydrogen) atoms. The molecule has 0 aromatic rings. The minimum Gasteiger partial charge on any atom is -0.481 e. The van der Waals surface area contributed by atoms with Gasteiger partial charge >= 0.3 is 0 Å². The third-order valence-electron chi connectivity index (χ3n) is 2.97. The van der Waals surface area contributed by atoms with E-state index in [4.69, 9.17) is 15.0 Å². The van der Waals surface area contributed by atoms with Crippen LogP contribution in [0.2, 0.25) is 0 Å². The van der Waals surface area contributed by atoms with Gasteiger partial charge in [0, 0.05) is 20.1 Å². The van der Waals surface area contributed by atoms with Crippen LogP contribution in [0.1, 0.15) is 65.7 Å². The van der Waals surface area contributed by atoms with Gasteiger partial charge in [-0.2, -0.15) is 0 Å². The summed E-state index contributed by atoms with van der Waals surface area (Å²) < 4.78 is 0. The van der Waals surface area contributed by atoms with E-state index < -0.39 is 18.4 Å². The Kier molecular flexibility index (Phi) is 16.9. The topological polar surface area (TPSA) is 101 Å². The van der Waals surface area contributed by atoms with Gasteiger partial charge in [-0.3, -0.25) is 9.69 Å². The van der Waals surface area contributed by atoms with Gasteiger partial charge in [-0.15, -0.1) is 0 Å². The summed E-state index contributed by atoms with van der Waals surface area (Å²) in [6, 6.07) is 0. The predicted octanol–water partition coefficient (Wildman–Crippen LogP) is 1.78. The molecule has 128 valence electrons. The van der Waals surface area contributed by atoms with Crippen molar-refractivity contribution in [2.24, 2.45) is 0 Å². The number of hydrogen-bond acceptors (Lipinski definition) is 5. The fraction of sp³-hybridized carbons (Fsp3) is 0.933. The lowest BCUT2D eigenvalue weighted by atomic mass is 10.1. The highest BCUT2D eigenvalue weighted by molar-refractivity contribution is 5.62. The van der Waals surface area contributed by atoms with Crippen LogP contribution in [-0.4, -0.2) is 56.9 Å². The molecule has 0 saturated carbocycles. The first-order valence-corrected chi connectivity index (χ1v) is 7.82. The summed E-state index contributed by atoms with van der Waals surface area (Å²) in [5.74, 6) is -0.833. The Morgan fingerprint density at radius 1 is 1.00 bits per heavy atom. The molecule has 6 nitrogen and oxygen atoms in total. The molecule has 0 bridgehead atoms. The van der Waals surface area contributed by atoms with Crippen molar-refractivity contribution in [2.75, 3.05) is 13.2 Å². The first-order chi connectivity index (χ1) is 9.90. The summed E-state index contributed by atoms with van der Waals surface area (Å²) in [4.78, 5) is 10.7. The van der Waals surface area contributed by atoms with Gasteiger partial charge in [-0.25, -0.2) is 0 Å². The second-order valence-electron chi connectivity index (χ2n) is 5.08. The normalized spacial score (nSPS) is 13.5. The first kappa shape index (κ1) is 22.6. The lowest BCUT2D eigenvalue weighted by Gasteiger charge is -2.32. The molecule has 0 fully saturated rings. The second-order valence-corrected chi connectivity index (χ2v) is 5.08. The zero-order chi connectivity index (χ0) is 16.7. The van der Waals surface area contributed by atoms with E-state index in [1.165, 1.54) is 0 Å². The van der Waals surface area contributed by atoms with Crippen LogP contribution >= 0.6 is 0 Å². The van der Waals surface area contributed by atoms with Crippen molar-refractivity contribution in [1.82, 2.24) is 4.90 Å². The Balaban J connectivity index is 0. The molecule has 0 rings (SSSR count). The minimum atomic E-state index is -0.833. The Morgan fingerprint density at radius 2 is 1.38 bits per heavy atom. The van der Waals surface area contributed by atoms with Crippen molar-refractivity contribution in [1.29, 1.82) is 0 Å². The summed E-state index contributed by atoms with van der Waals surface area (Å²) in [7, 11) is 0. The highest BCUT2D eigenvalue weighted by atomic mass is 16.4. The van der Waals surface area contributed by atoms with E-state index >= 15 is 0 Å². The number of carboxylic acid groups (broad SMARTS) is 1. The van der Waals surface area contributed by atoms with Crippen LogP contribution in [0.3, 0.4) is 0 Å². The molecule has 6 heteroatoms. The van der Waals surface area contributed by atoms with Gasteiger partial charge in [0.25, 0.3) is 5.97 Å². The van der Waals surface area contributed by atoms with Crippen LogP contribution in [0, 0.1) is 0 Å². The molecular weight excluding hydrogens is 274 g/mol. The van der Waals surface area contributed by atoms with Gasteiger partial charge < -0.3 is 20.4 Å². The van der Waals surface area contributed by atoms with Crippen LogP contribution in [0.15, 0.2) is 0 Å². The first-order valence-electron chi connectivity index (χ1n) is 7.82. The zero-order valence-corrected chi connectivity index (χ0v) is 13.7. The fourth-order valence-corrected chi connectivity index (χ4v) is 1.86. The van der Waals surface area contributed by atoms with Crippen LogP contribution in [0.4, 0.5) is 0 Å². The van der Waals surface area contributed by atoms with E-state index in [1.807, 2.05) is 0 Å². The highest BCUT2D eigenvalue weighted by Crippen LogP contribution is 2.13. The number of aliphatic hydroxyl groups excluding tert-OH is 3. The Morgan fingerprint density at radius 3 is 1.67 bits per heavy atom. The maximum atomic E-state index is 10.0. The summed E-state index contributed by atoms with van der Waals surface area (Å²) >= 11 is 0. The van der Waals surface area contributed by atoms with E-state index in [9.17, 15) is 10.2 Å². The molecule has 2 atom stereocenters. The Bertz CT molecular complexity index is 220. The third-order valence-corrected chi connectivity index (χ3v) is 2.97. The van der Waals surface area contributed by atoms with Gasteiger partial charge in [-0.05, 0) is 32.1 Å². The molecule has 0 aliphatic carbocycles. The maximum Gasteiger partial charge on any atom is 0.300 e. The highest BCUT2D eigenvalue weighted by Gasteiger charge is 2.21. The SMILES string of the molecule is CC(=O)O.CCCCC(O)N(CCCO)C(O)CCCC. The number of carbonyl (C=O) groups is 1. The Hall–Kier alpha value is -0.690. The van der Waals surface area contributed by atoms with Crippen LogP contribution in [0.25, 0.3) is 0 Å². The van der Waals surface area contributed by atoms with Crippen molar-refractivity contribution >= 4 is 5.97 Å². The predicted molar refractivity (Wildman–Crippen MR) is 82.8 cm³/mol. The smallest absolute Gasteiger partial charge is 0.300 e. The van der Waals surface area contributed by atoms with Gasteiger partial charge in [0.15, 0.2) is 0 Å². The standard InChI is InChI=1S/C13H29NO3.C2H4O2/c1-3-5-8-12(16)14(10-7-11-15)13(17)9-6-4-2;1-2(3)4/h12-13,15-17H,3-11H2,1-2H3;1H3,(H,3,4). The Labute approximate surface area is 128 Å². The molecular formula is C15H33NO5. The van der Waals surface area contributed by atoms with Crippen molar-refractivity contribution in [3.05, 3.63) is 0 Å². The van der Waals surface area contributed by atoms with E-state index in [2.05, 4.69) is 13.8 Å². The van der Waals surface area contributed by atoms with E-state index in [0.717, 1.165) is 32.6 Å². The number of carboxylic acids is 1. The third kappa shape index (κ3) is 15.5.